The van der Waals surface area contributed by atoms with Crippen molar-refractivity contribution < 1.29 is 9.59 Å². The van der Waals surface area contributed by atoms with Crippen LogP contribution in [0.1, 0.15) is 24.8 Å². The summed E-state index contributed by atoms with van der Waals surface area (Å²) in [6, 6.07) is 10.1. The topological polar surface area (TPSA) is 40.6 Å². The number of carbonyl (C=O) groups excluding carboxylic acids is 2. The maximum absolute atomic E-state index is 12.1. The molecule has 0 radical (unpaired) electrons. The Kier molecular flexibility index (Phi) is 4.48. The smallest absolute Gasteiger partial charge is 0.312 e. The number of hydrogen-bond donors (Lipinski definition) is 0. The molecule has 2 aliphatic rings. The minimum atomic E-state index is -0.158. The molecular weight excluding hydrogens is 284 g/mol. The van der Waals surface area contributed by atoms with Gasteiger partial charge in [-0.15, -0.1) is 0 Å². The van der Waals surface area contributed by atoms with Gasteiger partial charge in [0.15, 0.2) is 0 Å². The van der Waals surface area contributed by atoms with Gasteiger partial charge in [-0.05, 0) is 30.6 Å². The monoisotopic (exact) mass is 304 g/mol. The van der Waals surface area contributed by atoms with Crippen molar-refractivity contribution in [1.29, 1.82) is 0 Å². The zero-order valence-corrected chi connectivity index (χ0v) is 12.8. The SMILES string of the molecule is O=C1C2CCCN2C(=O)N1CCCSCc1ccccc1. The average molecular weight is 304 g/mol. The van der Waals surface area contributed by atoms with Crippen LogP contribution >= 0.6 is 11.8 Å². The Morgan fingerprint density at radius 1 is 1.19 bits per heavy atom. The molecule has 1 aromatic rings. The summed E-state index contributed by atoms with van der Waals surface area (Å²) in [6.07, 6.45) is 2.67. The van der Waals surface area contributed by atoms with Gasteiger partial charge in [-0.25, -0.2) is 4.79 Å². The Morgan fingerprint density at radius 2 is 2.00 bits per heavy atom. The first kappa shape index (κ1) is 14.4. The summed E-state index contributed by atoms with van der Waals surface area (Å²) in [5.74, 6) is 1.97. The van der Waals surface area contributed by atoms with Crippen LogP contribution in [0.4, 0.5) is 4.79 Å². The van der Waals surface area contributed by atoms with Crippen molar-refractivity contribution in [1.82, 2.24) is 9.80 Å². The molecule has 1 aromatic carbocycles. The molecule has 0 aromatic heterocycles. The number of nitrogens with zero attached hydrogens (tertiary/aromatic N) is 2. The zero-order chi connectivity index (χ0) is 14.7. The zero-order valence-electron chi connectivity index (χ0n) is 12.0. The average Bonchev–Trinajstić information content (AvgIpc) is 3.07. The number of fused-ring (bicyclic) bond motifs is 1. The third-order valence-corrected chi connectivity index (χ3v) is 5.18. The first-order chi connectivity index (χ1) is 10.3. The minimum Gasteiger partial charge on any atom is -0.312 e. The number of carbonyl (C=O) groups is 2. The standard InChI is InChI=1S/C16H20N2O2S/c19-15-14-8-4-9-17(14)16(20)18(15)10-5-11-21-12-13-6-2-1-3-7-13/h1-3,6-7,14H,4-5,8-12H2. The molecule has 3 amide bonds. The van der Waals surface area contributed by atoms with E-state index in [1.165, 1.54) is 10.5 Å². The third kappa shape index (κ3) is 3.07. The lowest BCUT2D eigenvalue weighted by molar-refractivity contribution is -0.127. The van der Waals surface area contributed by atoms with Gasteiger partial charge in [0.25, 0.3) is 5.91 Å². The van der Waals surface area contributed by atoms with E-state index in [0.717, 1.165) is 37.3 Å². The van der Waals surface area contributed by atoms with Gasteiger partial charge >= 0.3 is 6.03 Å². The van der Waals surface area contributed by atoms with Crippen molar-refractivity contribution in [3.63, 3.8) is 0 Å². The normalized spacial score (nSPS) is 21.2. The van der Waals surface area contributed by atoms with Crippen molar-refractivity contribution in [2.24, 2.45) is 0 Å². The molecule has 3 rings (SSSR count). The summed E-state index contributed by atoms with van der Waals surface area (Å²) in [6.45, 7) is 1.31. The van der Waals surface area contributed by atoms with E-state index in [0.29, 0.717) is 6.54 Å². The molecule has 2 heterocycles. The maximum atomic E-state index is 12.1. The quantitative estimate of drug-likeness (QED) is 0.599. The van der Waals surface area contributed by atoms with Crippen LogP contribution in [0.15, 0.2) is 30.3 Å². The van der Waals surface area contributed by atoms with Gasteiger partial charge in [0.2, 0.25) is 0 Å². The predicted molar refractivity (Wildman–Crippen MR) is 84.1 cm³/mol. The highest BCUT2D eigenvalue weighted by Crippen LogP contribution is 2.27. The van der Waals surface area contributed by atoms with Gasteiger partial charge in [-0.2, -0.15) is 11.8 Å². The summed E-state index contributed by atoms with van der Waals surface area (Å²) < 4.78 is 0. The van der Waals surface area contributed by atoms with Gasteiger partial charge in [-0.3, -0.25) is 9.69 Å². The van der Waals surface area contributed by atoms with Gasteiger partial charge in [-0.1, -0.05) is 30.3 Å². The molecule has 0 aliphatic carbocycles. The molecule has 4 nitrogen and oxygen atoms in total. The second-order valence-corrected chi connectivity index (χ2v) is 6.62. The second kappa shape index (κ2) is 6.52. The molecule has 2 fully saturated rings. The number of hydrogen-bond acceptors (Lipinski definition) is 3. The predicted octanol–water partition coefficient (Wildman–Crippen LogP) is 2.74. The molecule has 0 spiro atoms. The first-order valence-corrected chi connectivity index (χ1v) is 8.66. The van der Waals surface area contributed by atoms with Crippen LogP contribution in [0.5, 0.6) is 0 Å². The van der Waals surface area contributed by atoms with Gasteiger partial charge in [0, 0.05) is 18.8 Å². The summed E-state index contributed by atoms with van der Waals surface area (Å²) in [7, 11) is 0. The molecule has 112 valence electrons. The van der Waals surface area contributed by atoms with Crippen molar-refractivity contribution in [3.8, 4) is 0 Å². The van der Waals surface area contributed by atoms with Crippen molar-refractivity contribution in [2.75, 3.05) is 18.8 Å². The Morgan fingerprint density at radius 3 is 2.76 bits per heavy atom. The summed E-state index contributed by atoms with van der Waals surface area (Å²) >= 11 is 1.85. The van der Waals surface area contributed by atoms with Crippen molar-refractivity contribution in [2.45, 2.75) is 31.1 Å². The van der Waals surface area contributed by atoms with Crippen LogP contribution in [0.2, 0.25) is 0 Å². The molecule has 2 saturated heterocycles. The number of benzene rings is 1. The summed E-state index contributed by atoms with van der Waals surface area (Å²) in [4.78, 5) is 27.4. The molecule has 0 saturated carbocycles. The van der Waals surface area contributed by atoms with Crippen LogP contribution in [0.3, 0.4) is 0 Å². The highest BCUT2D eigenvalue weighted by Gasteiger charge is 2.46. The first-order valence-electron chi connectivity index (χ1n) is 7.51. The fourth-order valence-electron chi connectivity index (χ4n) is 2.98. The van der Waals surface area contributed by atoms with Crippen molar-refractivity contribution >= 4 is 23.7 Å². The van der Waals surface area contributed by atoms with E-state index in [9.17, 15) is 9.59 Å². The van der Waals surface area contributed by atoms with E-state index in [4.69, 9.17) is 0 Å². The molecule has 0 N–H and O–H groups in total. The van der Waals surface area contributed by atoms with E-state index < -0.39 is 0 Å². The molecular formula is C16H20N2O2S. The number of rotatable bonds is 6. The molecule has 2 aliphatic heterocycles. The second-order valence-electron chi connectivity index (χ2n) is 5.52. The highest BCUT2D eigenvalue weighted by atomic mass is 32.2. The summed E-state index contributed by atoms with van der Waals surface area (Å²) in [5, 5.41) is 0. The van der Waals surface area contributed by atoms with Crippen LogP contribution in [-0.2, 0) is 10.5 Å². The van der Waals surface area contributed by atoms with E-state index in [-0.39, 0.29) is 18.0 Å². The van der Waals surface area contributed by atoms with E-state index in [1.54, 1.807) is 4.90 Å². The van der Waals surface area contributed by atoms with Crippen molar-refractivity contribution in [3.05, 3.63) is 35.9 Å². The van der Waals surface area contributed by atoms with Crippen LogP contribution in [0.25, 0.3) is 0 Å². The van der Waals surface area contributed by atoms with Crippen LogP contribution in [0, 0.1) is 0 Å². The lowest BCUT2D eigenvalue weighted by Crippen LogP contribution is -2.34. The largest absolute Gasteiger partial charge is 0.327 e. The molecule has 21 heavy (non-hydrogen) atoms. The van der Waals surface area contributed by atoms with Gasteiger partial charge in [0.05, 0.1) is 0 Å². The minimum absolute atomic E-state index is 0.0190. The van der Waals surface area contributed by atoms with Crippen LogP contribution < -0.4 is 0 Å². The van der Waals surface area contributed by atoms with Gasteiger partial charge in [0.1, 0.15) is 6.04 Å². The van der Waals surface area contributed by atoms with E-state index in [1.807, 2.05) is 30.0 Å². The fourth-order valence-corrected chi connectivity index (χ4v) is 3.88. The van der Waals surface area contributed by atoms with Gasteiger partial charge < -0.3 is 4.90 Å². The number of imide groups is 1. The Balaban J connectivity index is 1.40. The number of thioether (sulfide) groups is 1. The number of urea groups is 1. The van der Waals surface area contributed by atoms with E-state index in [2.05, 4.69) is 12.1 Å². The Hall–Kier alpha value is -1.49. The lowest BCUT2D eigenvalue weighted by Gasteiger charge is -2.15. The molecule has 0 bridgehead atoms. The fraction of sp³-hybridized carbons (Fsp3) is 0.500. The summed E-state index contributed by atoms with van der Waals surface area (Å²) in [5.41, 5.74) is 1.32. The lowest BCUT2D eigenvalue weighted by atomic mass is 10.2. The third-order valence-electron chi connectivity index (χ3n) is 4.06. The Labute approximate surface area is 129 Å². The molecule has 5 heteroatoms. The molecule has 1 unspecified atom stereocenters. The molecule has 1 atom stereocenters. The maximum Gasteiger partial charge on any atom is 0.327 e. The van der Waals surface area contributed by atoms with E-state index >= 15 is 0 Å². The Bertz CT molecular complexity index is 498. The highest BCUT2D eigenvalue weighted by molar-refractivity contribution is 7.98. The van der Waals surface area contributed by atoms with Crippen LogP contribution in [-0.4, -0.2) is 46.6 Å². The number of amides is 3.